The molecule has 25 heavy (non-hydrogen) atoms. The second kappa shape index (κ2) is 16.6. The maximum absolute atomic E-state index is 10.6. The van der Waals surface area contributed by atoms with Crippen LogP contribution in [0.3, 0.4) is 0 Å². The molecule has 144 valence electrons. The van der Waals surface area contributed by atoms with Gasteiger partial charge in [0, 0.05) is 22.8 Å². The number of unbranched alkanes of at least 4 members (excludes halogenated alkanes) is 6. The van der Waals surface area contributed by atoms with Crippen molar-refractivity contribution in [1.29, 1.82) is 0 Å². The van der Waals surface area contributed by atoms with Gasteiger partial charge in [-0.1, -0.05) is 92.9 Å². The Morgan fingerprint density at radius 1 is 0.640 bits per heavy atom. The van der Waals surface area contributed by atoms with E-state index in [9.17, 15) is 19.8 Å². The zero-order valence-corrected chi connectivity index (χ0v) is 20.9. The Kier molecular flexibility index (Phi) is 20.0. The van der Waals surface area contributed by atoms with Crippen molar-refractivity contribution in [2.24, 2.45) is 10.8 Å². The predicted molar refractivity (Wildman–Crippen MR) is 101 cm³/mol. The molecule has 0 aromatic rings. The van der Waals surface area contributed by atoms with Crippen molar-refractivity contribution in [3.8, 4) is 0 Å². The maximum atomic E-state index is 10.6. The fraction of sp³-hybridized carbons (Fsp3) is 0.900. The van der Waals surface area contributed by atoms with E-state index < -0.39 is 22.8 Å². The number of hydrogen-bond acceptors (Lipinski definition) is 4. The van der Waals surface area contributed by atoms with Gasteiger partial charge >= 0.3 is 45.5 Å². The number of aliphatic carboxylic acids is 2. The SMILES string of the molecule is CCCCCCC(C)(C)C(=O)[O-].CCCCCCC(C)(C)C(=O)[O-].[Sr+2]. The van der Waals surface area contributed by atoms with Gasteiger partial charge in [0.1, 0.15) is 0 Å². The molecule has 0 fully saturated rings. The van der Waals surface area contributed by atoms with Crippen LogP contribution in [0.5, 0.6) is 0 Å². The Balaban J connectivity index is -0.000000372. The van der Waals surface area contributed by atoms with E-state index in [4.69, 9.17) is 0 Å². The smallest absolute Gasteiger partial charge is 0.550 e. The first kappa shape index (κ1) is 30.2. The molecule has 0 aliphatic carbocycles. The van der Waals surface area contributed by atoms with E-state index in [1.807, 2.05) is 0 Å². The van der Waals surface area contributed by atoms with Gasteiger partial charge in [-0.3, -0.25) is 0 Å². The third kappa shape index (κ3) is 17.6. The molecule has 0 amide bonds. The summed E-state index contributed by atoms with van der Waals surface area (Å²) in [5, 5.41) is 21.1. The molecule has 0 bridgehead atoms. The van der Waals surface area contributed by atoms with Crippen molar-refractivity contribution in [3.63, 3.8) is 0 Å². The second-order valence-electron chi connectivity index (χ2n) is 7.96. The van der Waals surface area contributed by atoms with Crippen LogP contribution in [0, 0.1) is 10.8 Å². The predicted octanol–water partition coefficient (Wildman–Crippen LogP) is 3.09. The number of hydrogen-bond donors (Lipinski definition) is 0. The first-order valence-electron chi connectivity index (χ1n) is 9.44. The topological polar surface area (TPSA) is 80.3 Å². The molecule has 0 heterocycles. The summed E-state index contributed by atoms with van der Waals surface area (Å²) in [7, 11) is 0. The van der Waals surface area contributed by atoms with Crippen molar-refractivity contribution >= 4 is 57.4 Å². The van der Waals surface area contributed by atoms with E-state index in [0.717, 1.165) is 38.5 Å². The third-order valence-electron chi connectivity index (χ3n) is 4.42. The molecule has 0 spiro atoms. The molecule has 0 aromatic heterocycles. The average molecular weight is 430 g/mol. The van der Waals surface area contributed by atoms with Crippen LogP contribution in [0.25, 0.3) is 0 Å². The van der Waals surface area contributed by atoms with Crippen LogP contribution in [-0.2, 0) is 9.59 Å². The molecule has 0 aliphatic rings. The van der Waals surface area contributed by atoms with Crippen molar-refractivity contribution in [1.82, 2.24) is 0 Å². The summed E-state index contributed by atoms with van der Waals surface area (Å²) in [6, 6.07) is 0. The molecule has 0 atom stereocenters. The molecule has 0 saturated carbocycles. The van der Waals surface area contributed by atoms with Crippen molar-refractivity contribution in [2.75, 3.05) is 0 Å². The third-order valence-corrected chi connectivity index (χ3v) is 4.42. The molecular weight excluding hydrogens is 392 g/mol. The van der Waals surface area contributed by atoms with E-state index in [1.165, 1.54) is 25.7 Å². The molecule has 0 radical (unpaired) electrons. The molecule has 0 aliphatic heterocycles. The van der Waals surface area contributed by atoms with E-state index in [2.05, 4.69) is 13.8 Å². The van der Waals surface area contributed by atoms with Gasteiger partial charge in [0.25, 0.3) is 0 Å². The van der Waals surface area contributed by atoms with Crippen molar-refractivity contribution < 1.29 is 19.8 Å². The number of carboxylic acid groups (broad SMARTS) is 2. The number of carbonyl (C=O) groups is 2. The molecule has 0 N–H and O–H groups in total. The van der Waals surface area contributed by atoms with Gasteiger partial charge in [-0.05, 0) is 12.8 Å². The average Bonchev–Trinajstić information content (AvgIpc) is 2.48. The Morgan fingerprint density at radius 2 is 0.920 bits per heavy atom. The largest absolute Gasteiger partial charge is 2.00 e. The Bertz CT molecular complexity index is 318. The molecular formula is C20H38O4Sr. The minimum Gasteiger partial charge on any atom is -0.550 e. The summed E-state index contributed by atoms with van der Waals surface area (Å²) in [5.41, 5.74) is -1.29. The van der Waals surface area contributed by atoms with E-state index in [-0.39, 0.29) is 45.5 Å². The summed E-state index contributed by atoms with van der Waals surface area (Å²) in [5.74, 6) is -1.86. The molecule has 4 nitrogen and oxygen atoms in total. The van der Waals surface area contributed by atoms with Crippen LogP contribution < -0.4 is 10.2 Å². The van der Waals surface area contributed by atoms with E-state index in [1.54, 1.807) is 27.7 Å². The standard InChI is InChI=1S/2C10H20O2.Sr/c2*1-4-5-6-7-8-10(2,3)9(11)12;/h2*4-8H2,1-3H3,(H,11,12);/q;;+2/p-2. The summed E-state index contributed by atoms with van der Waals surface area (Å²) in [4.78, 5) is 21.1. The van der Waals surface area contributed by atoms with Gasteiger partial charge in [-0.15, -0.1) is 0 Å². The molecule has 0 aromatic carbocycles. The summed E-state index contributed by atoms with van der Waals surface area (Å²) < 4.78 is 0. The van der Waals surface area contributed by atoms with Crippen LogP contribution in [0.15, 0.2) is 0 Å². The molecule has 5 heteroatoms. The van der Waals surface area contributed by atoms with E-state index in [0.29, 0.717) is 0 Å². The fourth-order valence-corrected chi connectivity index (χ4v) is 2.19. The van der Waals surface area contributed by atoms with Gasteiger partial charge in [0.05, 0.1) is 0 Å². The number of rotatable bonds is 12. The first-order chi connectivity index (χ1) is 11.0. The second-order valence-corrected chi connectivity index (χ2v) is 7.96. The van der Waals surface area contributed by atoms with Gasteiger partial charge in [-0.2, -0.15) is 0 Å². The monoisotopic (exact) mass is 430 g/mol. The minimum atomic E-state index is -0.931. The number of carbonyl (C=O) groups excluding carboxylic acids is 2. The first-order valence-corrected chi connectivity index (χ1v) is 9.44. The Morgan fingerprint density at radius 3 is 1.12 bits per heavy atom. The summed E-state index contributed by atoms with van der Waals surface area (Å²) in [6.45, 7) is 11.2. The van der Waals surface area contributed by atoms with Gasteiger partial charge in [0.15, 0.2) is 0 Å². The zero-order chi connectivity index (χ0) is 19.2. The Hall–Kier alpha value is 0.421. The van der Waals surface area contributed by atoms with Crippen LogP contribution in [0.2, 0.25) is 0 Å². The van der Waals surface area contributed by atoms with Crippen LogP contribution in [0.4, 0.5) is 0 Å². The fourth-order valence-electron chi connectivity index (χ4n) is 2.19. The molecule has 0 unspecified atom stereocenters. The van der Waals surface area contributed by atoms with Crippen molar-refractivity contribution in [3.05, 3.63) is 0 Å². The normalized spacial score (nSPS) is 11.1. The van der Waals surface area contributed by atoms with Crippen LogP contribution in [0.1, 0.15) is 106 Å². The summed E-state index contributed by atoms with van der Waals surface area (Å²) in [6.07, 6.45) is 10.5. The van der Waals surface area contributed by atoms with Gasteiger partial charge < -0.3 is 19.8 Å². The summed E-state index contributed by atoms with van der Waals surface area (Å²) >= 11 is 0. The van der Waals surface area contributed by atoms with Crippen LogP contribution in [-0.4, -0.2) is 57.4 Å². The van der Waals surface area contributed by atoms with Crippen LogP contribution >= 0.6 is 0 Å². The zero-order valence-electron chi connectivity index (χ0n) is 17.4. The molecule has 0 saturated heterocycles. The van der Waals surface area contributed by atoms with Gasteiger partial charge in [0.2, 0.25) is 0 Å². The van der Waals surface area contributed by atoms with Gasteiger partial charge in [-0.25, -0.2) is 0 Å². The number of carboxylic acids is 2. The maximum Gasteiger partial charge on any atom is 2.00 e. The van der Waals surface area contributed by atoms with Crippen molar-refractivity contribution in [2.45, 2.75) is 106 Å². The van der Waals surface area contributed by atoms with E-state index >= 15 is 0 Å². The molecule has 0 rings (SSSR count). The quantitative estimate of drug-likeness (QED) is 0.352. The Labute approximate surface area is 192 Å². The minimum absolute atomic E-state index is 0.